The van der Waals surface area contributed by atoms with Gasteiger partial charge in [0, 0.05) is 21.7 Å². The molecule has 0 fully saturated rings. The van der Waals surface area contributed by atoms with Crippen molar-refractivity contribution in [3.05, 3.63) is 154 Å². The number of hydrogen-bond donors (Lipinski definition) is 3. The van der Waals surface area contributed by atoms with Crippen molar-refractivity contribution in [2.45, 2.75) is 10.1 Å². The van der Waals surface area contributed by atoms with E-state index in [4.69, 9.17) is 32.7 Å². The van der Waals surface area contributed by atoms with Crippen molar-refractivity contribution >= 4 is 70.1 Å². The Morgan fingerprint density at radius 3 is 2.16 bits per heavy atom. The van der Waals surface area contributed by atoms with Crippen LogP contribution in [0.5, 0.6) is 11.5 Å². The molecule has 3 N–H and O–H groups in total. The average molecular weight is 713 g/mol. The molecule has 0 spiro atoms. The largest absolute Gasteiger partial charge is 0.493 e. The molecule has 0 aliphatic carbocycles. The van der Waals surface area contributed by atoms with Gasteiger partial charge in [-0.15, -0.1) is 11.8 Å². The molecule has 11 heteroatoms. The van der Waals surface area contributed by atoms with E-state index in [2.05, 4.69) is 16.0 Å². The number of thioether (sulfide) groups is 1. The van der Waals surface area contributed by atoms with Crippen molar-refractivity contribution in [1.29, 1.82) is 0 Å². The molecule has 0 saturated carbocycles. The van der Waals surface area contributed by atoms with E-state index < -0.39 is 17.1 Å². The van der Waals surface area contributed by atoms with E-state index in [1.54, 1.807) is 84.9 Å². The van der Waals surface area contributed by atoms with E-state index in [0.717, 1.165) is 5.56 Å². The van der Waals surface area contributed by atoms with E-state index in [1.807, 2.05) is 36.4 Å². The molecule has 0 radical (unpaired) electrons. The van der Waals surface area contributed by atoms with Crippen LogP contribution in [-0.4, -0.2) is 31.9 Å². The van der Waals surface area contributed by atoms with Gasteiger partial charge in [0.2, 0.25) is 5.91 Å². The first kappa shape index (κ1) is 35.1. The molecule has 248 valence electrons. The van der Waals surface area contributed by atoms with Gasteiger partial charge in [-0.3, -0.25) is 14.4 Å². The molecule has 8 nitrogen and oxygen atoms in total. The smallest absolute Gasteiger partial charge is 0.272 e. The van der Waals surface area contributed by atoms with Crippen LogP contribution in [0, 0.1) is 0 Å². The summed E-state index contributed by atoms with van der Waals surface area (Å²) in [7, 11) is 3.01. The summed E-state index contributed by atoms with van der Waals surface area (Å²) in [6.07, 6.45) is 1.52. The molecule has 1 unspecified atom stereocenters. The molecule has 0 aromatic heterocycles. The molecule has 5 aromatic carbocycles. The van der Waals surface area contributed by atoms with E-state index in [-0.39, 0.29) is 16.6 Å². The number of ether oxygens (including phenoxy) is 2. The highest BCUT2D eigenvalue weighted by atomic mass is 35.5. The Bertz CT molecular complexity index is 1990. The van der Waals surface area contributed by atoms with Crippen LogP contribution in [0.1, 0.15) is 26.7 Å². The summed E-state index contributed by atoms with van der Waals surface area (Å²) < 4.78 is 11.0. The Morgan fingerprint density at radius 2 is 1.45 bits per heavy atom. The summed E-state index contributed by atoms with van der Waals surface area (Å²) >= 11 is 13.8. The van der Waals surface area contributed by atoms with Crippen molar-refractivity contribution in [2.75, 3.05) is 24.9 Å². The van der Waals surface area contributed by atoms with Gasteiger partial charge < -0.3 is 25.4 Å². The number of amides is 3. The fourth-order valence-corrected chi connectivity index (χ4v) is 6.24. The molecule has 0 aliphatic heterocycles. The van der Waals surface area contributed by atoms with Gasteiger partial charge >= 0.3 is 0 Å². The lowest BCUT2D eigenvalue weighted by Crippen LogP contribution is -2.30. The van der Waals surface area contributed by atoms with Crippen LogP contribution in [0.3, 0.4) is 0 Å². The Balaban J connectivity index is 1.42. The van der Waals surface area contributed by atoms with Crippen LogP contribution in [0.15, 0.2) is 132 Å². The van der Waals surface area contributed by atoms with Crippen LogP contribution in [-0.2, 0) is 9.59 Å². The normalized spacial score (nSPS) is 11.6. The second kappa shape index (κ2) is 16.7. The van der Waals surface area contributed by atoms with Gasteiger partial charge in [0.25, 0.3) is 11.8 Å². The number of rotatable bonds is 12. The molecule has 0 saturated heterocycles. The summed E-state index contributed by atoms with van der Waals surface area (Å²) in [6, 6.07) is 35.2. The summed E-state index contributed by atoms with van der Waals surface area (Å²) in [6.45, 7) is 0. The third kappa shape index (κ3) is 9.03. The Labute approximate surface area is 298 Å². The van der Waals surface area contributed by atoms with Crippen molar-refractivity contribution in [3.63, 3.8) is 0 Å². The van der Waals surface area contributed by atoms with Gasteiger partial charge in [-0.05, 0) is 60.2 Å². The highest BCUT2D eigenvalue weighted by Gasteiger charge is 2.24. The minimum absolute atomic E-state index is 0.0293. The third-order valence-corrected chi connectivity index (χ3v) is 9.22. The lowest BCUT2D eigenvalue weighted by Gasteiger charge is -2.18. The average Bonchev–Trinajstić information content (AvgIpc) is 3.12. The Kier molecular flexibility index (Phi) is 12.0. The molecular weight excluding hydrogens is 681 g/mol. The molecular formula is C38H31Cl2N3O5S. The van der Waals surface area contributed by atoms with Crippen molar-refractivity contribution in [1.82, 2.24) is 5.32 Å². The number of carbonyl (C=O) groups excluding carboxylic acids is 3. The van der Waals surface area contributed by atoms with Gasteiger partial charge in [-0.2, -0.15) is 0 Å². The highest BCUT2D eigenvalue weighted by molar-refractivity contribution is 8.00. The first-order chi connectivity index (χ1) is 23.8. The van der Waals surface area contributed by atoms with Crippen molar-refractivity contribution < 1.29 is 23.9 Å². The van der Waals surface area contributed by atoms with Crippen LogP contribution >= 0.6 is 35.0 Å². The minimum Gasteiger partial charge on any atom is -0.493 e. The van der Waals surface area contributed by atoms with Crippen LogP contribution in [0.4, 0.5) is 11.4 Å². The van der Waals surface area contributed by atoms with E-state index in [1.165, 1.54) is 32.1 Å². The monoisotopic (exact) mass is 711 g/mol. The van der Waals surface area contributed by atoms with Gasteiger partial charge in [-0.25, -0.2) is 0 Å². The van der Waals surface area contributed by atoms with Crippen molar-refractivity contribution in [2.24, 2.45) is 0 Å². The zero-order chi connectivity index (χ0) is 34.8. The third-order valence-electron chi connectivity index (χ3n) is 7.16. The Hall–Kier alpha value is -5.22. The number of hydrogen-bond acceptors (Lipinski definition) is 6. The number of para-hydroxylation sites is 1. The summed E-state index contributed by atoms with van der Waals surface area (Å²) in [5.74, 6) is -0.499. The predicted octanol–water partition coefficient (Wildman–Crippen LogP) is 8.89. The lowest BCUT2D eigenvalue weighted by molar-refractivity contribution is -0.116. The molecule has 0 bridgehead atoms. The molecule has 0 aliphatic rings. The van der Waals surface area contributed by atoms with Crippen LogP contribution in [0.2, 0.25) is 10.0 Å². The summed E-state index contributed by atoms with van der Waals surface area (Å²) in [5, 5.41) is 8.40. The Morgan fingerprint density at radius 1 is 0.755 bits per heavy atom. The second-order valence-electron chi connectivity index (χ2n) is 10.4. The van der Waals surface area contributed by atoms with Crippen LogP contribution in [0.25, 0.3) is 6.08 Å². The molecule has 1 atom stereocenters. The number of nitrogens with one attached hydrogen (secondary N) is 3. The SMILES string of the molecule is COc1cccc(/C=C(/NC(=O)c2ccccc2)C(=O)Nc2cccc(SC(C(=O)Nc3cccc(Cl)c3Cl)c3ccccc3)c2)c1OC. The van der Waals surface area contributed by atoms with Crippen LogP contribution < -0.4 is 25.4 Å². The number of methoxy groups -OCH3 is 2. The zero-order valence-corrected chi connectivity index (χ0v) is 28.7. The van der Waals surface area contributed by atoms with Gasteiger partial charge in [0.1, 0.15) is 10.9 Å². The minimum atomic E-state index is -0.677. The fourth-order valence-electron chi connectivity index (χ4n) is 4.80. The van der Waals surface area contributed by atoms with E-state index in [9.17, 15) is 14.4 Å². The second-order valence-corrected chi connectivity index (χ2v) is 12.4. The summed E-state index contributed by atoms with van der Waals surface area (Å²) in [5.41, 5.74) is 2.46. The van der Waals surface area contributed by atoms with Gasteiger partial charge in [0.05, 0.1) is 30.0 Å². The van der Waals surface area contributed by atoms with Crippen molar-refractivity contribution in [3.8, 4) is 11.5 Å². The maximum Gasteiger partial charge on any atom is 0.272 e. The molecule has 5 rings (SSSR count). The number of benzene rings is 5. The maximum atomic E-state index is 13.8. The number of anilines is 2. The lowest BCUT2D eigenvalue weighted by atomic mass is 10.1. The quantitative estimate of drug-likeness (QED) is 0.0882. The fraction of sp³-hybridized carbons (Fsp3) is 0.0789. The number of halogens is 2. The van der Waals surface area contributed by atoms with E-state index >= 15 is 0 Å². The van der Waals surface area contributed by atoms with E-state index in [0.29, 0.717) is 43.9 Å². The zero-order valence-electron chi connectivity index (χ0n) is 26.4. The maximum absolute atomic E-state index is 13.8. The highest BCUT2D eigenvalue weighted by Crippen LogP contribution is 2.39. The molecule has 49 heavy (non-hydrogen) atoms. The molecule has 3 amide bonds. The predicted molar refractivity (Wildman–Crippen MR) is 197 cm³/mol. The molecule has 0 heterocycles. The number of carbonyl (C=O) groups is 3. The van der Waals surface area contributed by atoms with Gasteiger partial charge in [-0.1, -0.05) is 96.0 Å². The topological polar surface area (TPSA) is 106 Å². The summed E-state index contributed by atoms with van der Waals surface area (Å²) in [4.78, 5) is 41.3. The first-order valence-electron chi connectivity index (χ1n) is 14.9. The molecule has 5 aromatic rings. The van der Waals surface area contributed by atoms with Gasteiger partial charge in [0.15, 0.2) is 11.5 Å². The standard InChI is InChI=1S/C38H31Cl2N3O5S/c1-47-32-21-9-16-26(34(32)48-2)22-31(43-36(44)25-14-7-4-8-15-25)37(45)41-27-17-10-18-28(23-27)49-35(24-12-5-3-6-13-24)38(46)42-30-20-11-19-29(39)33(30)40/h3-23,35H,1-2H3,(H,41,45)(H,42,46)(H,43,44)/b31-22+. The first-order valence-corrected chi connectivity index (χ1v) is 16.6.